The molecule has 4 aromatic rings. The molecule has 50 heavy (non-hydrogen) atoms. The van der Waals surface area contributed by atoms with Crippen LogP contribution < -0.4 is 19.7 Å². The summed E-state index contributed by atoms with van der Waals surface area (Å²) < 4.78 is 58.2. The van der Waals surface area contributed by atoms with Crippen LogP contribution in [-0.4, -0.2) is 82.0 Å². The van der Waals surface area contributed by atoms with Crippen molar-refractivity contribution in [3.05, 3.63) is 53.4 Å². The normalized spacial score (nSPS) is 27.0. The van der Waals surface area contributed by atoms with E-state index in [0.29, 0.717) is 54.9 Å². The molecular weight excluding hydrogens is 645 g/mol. The standard InChI is InChI=1S/C38H37F3N6O3/c1-3-26-28(40)8-5-22-13-25(48)14-27(29(22)26)32-31(41)33-30(35(42-32)49-2)34(46-18-24-9-11-38(19-46,45-24)23-6-7-23)44-36(43-33)50-20-37-10-4-12-47(37)17-21(15-37)16-39/h1,5,8,13-14,16,23-24,45,48H,4,6-7,9-12,15,17-20H2,2H3/b21-16+/t24-,37-,38+/m0/s1. The van der Waals surface area contributed by atoms with Gasteiger partial charge in [0.15, 0.2) is 5.82 Å². The van der Waals surface area contributed by atoms with E-state index in [1.165, 1.54) is 44.2 Å². The molecule has 0 amide bonds. The molecule has 6 heterocycles. The second-order valence-electron chi connectivity index (χ2n) is 14.7. The number of anilines is 1. The molecule has 0 unspecified atom stereocenters. The molecule has 2 aromatic carbocycles. The Morgan fingerprint density at radius 2 is 2.00 bits per heavy atom. The average molecular weight is 683 g/mol. The number of phenolic OH excluding ortho intramolecular Hbond substituents is 1. The van der Waals surface area contributed by atoms with Gasteiger partial charge in [-0.25, -0.2) is 18.2 Å². The number of pyridine rings is 1. The Bertz CT molecular complexity index is 2150. The first-order valence-corrected chi connectivity index (χ1v) is 17.3. The van der Waals surface area contributed by atoms with Crippen LogP contribution in [0.3, 0.4) is 0 Å². The lowest BCUT2D eigenvalue weighted by molar-refractivity contribution is 0.108. The van der Waals surface area contributed by atoms with Gasteiger partial charge in [-0.15, -0.1) is 6.42 Å². The number of terminal acetylenes is 1. The van der Waals surface area contributed by atoms with Gasteiger partial charge >= 0.3 is 6.01 Å². The van der Waals surface area contributed by atoms with Gasteiger partial charge in [0.25, 0.3) is 0 Å². The number of fused-ring (bicyclic) bond motifs is 5. The van der Waals surface area contributed by atoms with Gasteiger partial charge in [0.1, 0.15) is 40.6 Å². The molecule has 12 heteroatoms. The van der Waals surface area contributed by atoms with Crippen molar-refractivity contribution in [3.63, 3.8) is 0 Å². The molecule has 0 radical (unpaired) electrons. The van der Waals surface area contributed by atoms with E-state index in [9.17, 15) is 9.50 Å². The lowest BCUT2D eigenvalue weighted by atomic mass is 9.90. The minimum atomic E-state index is -0.812. The van der Waals surface area contributed by atoms with E-state index in [-0.39, 0.29) is 63.6 Å². The molecule has 5 aliphatic rings. The van der Waals surface area contributed by atoms with Crippen LogP contribution in [0.1, 0.15) is 50.5 Å². The SMILES string of the molecule is C#Cc1c(F)ccc2cc(O)cc(-c3nc(OC)c4c(N5C[C@@H]6CC[C@](C7CC7)(C5)N6)nc(OC[C@@]56CCCN5C/C(=C/F)C6)nc4c3F)c12. The summed E-state index contributed by atoms with van der Waals surface area (Å²) in [6.45, 7) is 2.93. The third-order valence-electron chi connectivity index (χ3n) is 11.7. The number of piperazine rings is 1. The number of hydrogen-bond donors (Lipinski definition) is 2. The fourth-order valence-electron chi connectivity index (χ4n) is 9.29. The molecule has 5 fully saturated rings. The zero-order valence-electron chi connectivity index (χ0n) is 27.7. The fraction of sp³-hybridized carbons (Fsp3) is 0.447. The van der Waals surface area contributed by atoms with Crippen molar-refractivity contribution in [2.45, 2.75) is 62.1 Å². The number of methoxy groups -OCH3 is 1. The predicted octanol–water partition coefficient (Wildman–Crippen LogP) is 6.01. The van der Waals surface area contributed by atoms with Crippen molar-refractivity contribution in [2.75, 3.05) is 44.8 Å². The Kier molecular flexibility index (Phi) is 7.20. The molecule has 1 saturated carbocycles. The number of phenols is 1. The van der Waals surface area contributed by atoms with Crippen LogP contribution in [0, 0.1) is 29.9 Å². The van der Waals surface area contributed by atoms with Crippen molar-refractivity contribution in [3.8, 4) is 41.2 Å². The molecule has 4 saturated heterocycles. The smallest absolute Gasteiger partial charge is 0.319 e. The molecule has 258 valence electrons. The molecule has 2 aromatic heterocycles. The Labute approximate surface area is 287 Å². The Hall–Kier alpha value is -4.60. The van der Waals surface area contributed by atoms with Gasteiger partial charge in [-0.05, 0) is 86.6 Å². The molecule has 0 spiro atoms. The van der Waals surface area contributed by atoms with Gasteiger partial charge in [0.2, 0.25) is 5.88 Å². The Balaban J connectivity index is 1.23. The molecule has 9 nitrogen and oxygen atoms in total. The topological polar surface area (TPSA) is 95.9 Å². The summed E-state index contributed by atoms with van der Waals surface area (Å²) in [6.07, 6.45) is 13.2. The summed E-state index contributed by atoms with van der Waals surface area (Å²) >= 11 is 0. The van der Waals surface area contributed by atoms with E-state index in [1.54, 1.807) is 0 Å². The number of halogens is 3. The van der Waals surface area contributed by atoms with Gasteiger partial charge < -0.3 is 24.8 Å². The van der Waals surface area contributed by atoms with Crippen LogP contribution in [0.25, 0.3) is 32.9 Å². The summed E-state index contributed by atoms with van der Waals surface area (Å²) in [7, 11) is 1.45. The quantitative estimate of drug-likeness (QED) is 0.227. The first-order valence-electron chi connectivity index (χ1n) is 17.3. The zero-order chi connectivity index (χ0) is 34.4. The molecule has 3 atom stereocenters. The summed E-state index contributed by atoms with van der Waals surface area (Å²) in [5, 5.41) is 15.5. The molecule has 9 rings (SSSR count). The third kappa shape index (κ3) is 4.81. The van der Waals surface area contributed by atoms with Gasteiger partial charge in [0.05, 0.1) is 24.5 Å². The molecule has 2 bridgehead atoms. The number of nitrogens with one attached hydrogen (secondary N) is 1. The summed E-state index contributed by atoms with van der Waals surface area (Å²) in [5.74, 6) is 1.86. The van der Waals surface area contributed by atoms with E-state index in [1.807, 2.05) is 0 Å². The van der Waals surface area contributed by atoms with Crippen LogP contribution in [-0.2, 0) is 0 Å². The van der Waals surface area contributed by atoms with Crippen LogP contribution in [0.4, 0.5) is 19.0 Å². The van der Waals surface area contributed by atoms with E-state index < -0.39 is 17.2 Å². The van der Waals surface area contributed by atoms with Crippen LogP contribution in [0.5, 0.6) is 17.6 Å². The largest absolute Gasteiger partial charge is 0.508 e. The highest BCUT2D eigenvalue weighted by molar-refractivity contribution is 6.04. The summed E-state index contributed by atoms with van der Waals surface area (Å²) in [5.41, 5.74) is 0.00226. The van der Waals surface area contributed by atoms with E-state index in [2.05, 4.69) is 31.0 Å². The summed E-state index contributed by atoms with van der Waals surface area (Å²) in [4.78, 5) is 18.7. The monoisotopic (exact) mass is 682 g/mol. The third-order valence-corrected chi connectivity index (χ3v) is 11.7. The molecule has 2 N–H and O–H groups in total. The lowest BCUT2D eigenvalue weighted by Gasteiger charge is -2.42. The highest BCUT2D eigenvalue weighted by Gasteiger charge is 2.53. The Morgan fingerprint density at radius 1 is 1.14 bits per heavy atom. The van der Waals surface area contributed by atoms with Crippen molar-refractivity contribution in [2.24, 2.45) is 5.92 Å². The lowest BCUT2D eigenvalue weighted by Crippen LogP contribution is -2.61. The second-order valence-corrected chi connectivity index (χ2v) is 14.7. The van der Waals surface area contributed by atoms with Gasteiger partial charge in [-0.2, -0.15) is 9.97 Å². The van der Waals surface area contributed by atoms with Crippen LogP contribution >= 0.6 is 0 Å². The first-order chi connectivity index (χ1) is 24.2. The molecule has 1 aliphatic carbocycles. The van der Waals surface area contributed by atoms with Gasteiger partial charge in [-0.1, -0.05) is 12.0 Å². The molecular formula is C38H37F3N6O3. The number of nitrogens with zero attached hydrogens (tertiary/aromatic N) is 5. The maximum Gasteiger partial charge on any atom is 0.319 e. The zero-order valence-corrected chi connectivity index (χ0v) is 27.7. The van der Waals surface area contributed by atoms with Gasteiger partial charge in [-0.3, -0.25) is 4.90 Å². The van der Waals surface area contributed by atoms with Crippen molar-refractivity contribution in [1.82, 2.24) is 25.2 Å². The number of ether oxygens (including phenoxy) is 2. The maximum absolute atomic E-state index is 17.2. The van der Waals surface area contributed by atoms with Crippen molar-refractivity contribution in [1.29, 1.82) is 0 Å². The second kappa shape index (κ2) is 11.5. The maximum atomic E-state index is 17.2. The Morgan fingerprint density at radius 3 is 2.78 bits per heavy atom. The predicted molar refractivity (Wildman–Crippen MR) is 183 cm³/mol. The summed E-state index contributed by atoms with van der Waals surface area (Å²) in [6, 6.07) is 5.68. The highest BCUT2D eigenvalue weighted by Crippen LogP contribution is 2.50. The first kappa shape index (κ1) is 31.4. The number of aromatic hydroxyl groups is 1. The van der Waals surface area contributed by atoms with Crippen molar-refractivity contribution < 1.29 is 27.8 Å². The number of rotatable bonds is 7. The van der Waals surface area contributed by atoms with E-state index in [0.717, 1.165) is 37.8 Å². The highest BCUT2D eigenvalue weighted by atomic mass is 19.1. The van der Waals surface area contributed by atoms with Crippen molar-refractivity contribution >= 4 is 27.5 Å². The van der Waals surface area contributed by atoms with E-state index in [4.69, 9.17) is 20.9 Å². The number of hydrogen-bond acceptors (Lipinski definition) is 9. The van der Waals surface area contributed by atoms with E-state index >= 15 is 8.78 Å². The molecule has 4 aliphatic heterocycles. The minimum absolute atomic E-state index is 0.00742. The van der Waals surface area contributed by atoms with Crippen LogP contribution in [0.2, 0.25) is 0 Å². The van der Waals surface area contributed by atoms with Crippen LogP contribution in [0.15, 0.2) is 36.2 Å². The number of benzene rings is 2. The fourth-order valence-corrected chi connectivity index (χ4v) is 9.29. The minimum Gasteiger partial charge on any atom is -0.508 e. The number of aromatic nitrogens is 3. The van der Waals surface area contributed by atoms with Gasteiger partial charge in [0, 0.05) is 42.2 Å². The average Bonchev–Trinajstić information content (AvgIpc) is 3.74.